The lowest BCUT2D eigenvalue weighted by Crippen LogP contribution is -2.42. The number of carbonyl (C=O) groups is 1. The maximum atomic E-state index is 12.8. The SMILES string of the molecule is COCCN(C)S(=O)(=O)N1C[C@@H](C(F)(F)F)[C@H](C(=O)O)C1. The summed E-state index contributed by atoms with van der Waals surface area (Å²) in [6, 6.07) is 0. The van der Waals surface area contributed by atoms with Crippen molar-refractivity contribution in [3.8, 4) is 0 Å². The van der Waals surface area contributed by atoms with Crippen LogP contribution < -0.4 is 0 Å². The zero-order valence-electron chi connectivity index (χ0n) is 11.5. The highest BCUT2D eigenvalue weighted by atomic mass is 32.2. The van der Waals surface area contributed by atoms with Gasteiger partial charge in [0.1, 0.15) is 0 Å². The van der Waals surface area contributed by atoms with Crippen LogP contribution in [0.1, 0.15) is 0 Å². The Labute approximate surface area is 120 Å². The summed E-state index contributed by atoms with van der Waals surface area (Å²) < 4.78 is 68.8. The van der Waals surface area contributed by atoms with Gasteiger partial charge in [0.05, 0.1) is 18.4 Å². The van der Waals surface area contributed by atoms with Crippen LogP contribution in [0.5, 0.6) is 0 Å². The average molecular weight is 334 g/mol. The number of nitrogens with zero attached hydrogens (tertiary/aromatic N) is 2. The maximum Gasteiger partial charge on any atom is 0.393 e. The molecule has 1 saturated heterocycles. The summed E-state index contributed by atoms with van der Waals surface area (Å²) in [7, 11) is -1.59. The van der Waals surface area contributed by atoms with Crippen molar-refractivity contribution in [1.29, 1.82) is 0 Å². The Morgan fingerprint density at radius 1 is 1.43 bits per heavy atom. The topological polar surface area (TPSA) is 87.2 Å². The molecule has 1 rings (SSSR count). The molecule has 0 aromatic carbocycles. The first-order chi connectivity index (χ1) is 9.51. The Hall–Kier alpha value is -0.910. The van der Waals surface area contributed by atoms with Gasteiger partial charge in [-0.3, -0.25) is 4.79 Å². The van der Waals surface area contributed by atoms with Crippen LogP contribution in [0.3, 0.4) is 0 Å². The van der Waals surface area contributed by atoms with Gasteiger partial charge in [0.15, 0.2) is 0 Å². The van der Waals surface area contributed by atoms with Crippen molar-refractivity contribution in [2.24, 2.45) is 11.8 Å². The molecule has 0 spiro atoms. The van der Waals surface area contributed by atoms with E-state index in [-0.39, 0.29) is 13.2 Å². The van der Waals surface area contributed by atoms with E-state index in [0.717, 1.165) is 4.31 Å². The van der Waals surface area contributed by atoms with Crippen molar-refractivity contribution < 1.29 is 36.2 Å². The van der Waals surface area contributed by atoms with E-state index < -0.39 is 47.3 Å². The molecule has 0 radical (unpaired) electrons. The number of aliphatic carboxylic acids is 1. The van der Waals surface area contributed by atoms with Gasteiger partial charge in [0, 0.05) is 33.8 Å². The number of methoxy groups -OCH3 is 1. The summed E-state index contributed by atoms with van der Waals surface area (Å²) in [6.07, 6.45) is -4.77. The molecule has 1 aliphatic rings. The average Bonchev–Trinajstić information content (AvgIpc) is 2.81. The molecule has 0 amide bonds. The molecule has 0 bridgehead atoms. The third kappa shape index (κ3) is 4.05. The number of hydrogen-bond acceptors (Lipinski definition) is 4. The van der Waals surface area contributed by atoms with Crippen molar-refractivity contribution in [1.82, 2.24) is 8.61 Å². The molecule has 1 heterocycles. The molecule has 7 nitrogen and oxygen atoms in total. The van der Waals surface area contributed by atoms with E-state index in [2.05, 4.69) is 0 Å². The van der Waals surface area contributed by atoms with Crippen LogP contribution in [0, 0.1) is 11.8 Å². The Bertz CT molecular complexity index is 482. The van der Waals surface area contributed by atoms with Gasteiger partial charge < -0.3 is 9.84 Å². The fourth-order valence-corrected chi connectivity index (χ4v) is 3.47. The molecular weight excluding hydrogens is 317 g/mol. The fraction of sp³-hybridized carbons (Fsp3) is 0.900. The molecule has 1 aliphatic heterocycles. The van der Waals surface area contributed by atoms with E-state index in [1.807, 2.05) is 0 Å². The number of carboxylic acid groups (broad SMARTS) is 1. The lowest BCUT2D eigenvalue weighted by atomic mass is 9.96. The van der Waals surface area contributed by atoms with Crippen molar-refractivity contribution in [3.05, 3.63) is 0 Å². The van der Waals surface area contributed by atoms with Gasteiger partial charge in [-0.15, -0.1) is 0 Å². The van der Waals surface area contributed by atoms with Crippen LogP contribution >= 0.6 is 0 Å². The monoisotopic (exact) mass is 334 g/mol. The number of rotatable bonds is 6. The Kier molecular flexibility index (Phi) is 5.58. The summed E-state index contributed by atoms with van der Waals surface area (Å²) in [6.45, 7) is -1.54. The first-order valence-electron chi connectivity index (χ1n) is 6.01. The number of halogens is 3. The molecule has 124 valence electrons. The van der Waals surface area contributed by atoms with Gasteiger partial charge >= 0.3 is 12.1 Å². The highest BCUT2D eigenvalue weighted by Gasteiger charge is 2.55. The smallest absolute Gasteiger partial charge is 0.393 e. The molecule has 1 N–H and O–H groups in total. The number of hydrogen-bond donors (Lipinski definition) is 1. The largest absolute Gasteiger partial charge is 0.481 e. The maximum absolute atomic E-state index is 12.8. The molecule has 0 aromatic heterocycles. The highest BCUT2D eigenvalue weighted by molar-refractivity contribution is 7.86. The van der Waals surface area contributed by atoms with E-state index in [9.17, 15) is 26.4 Å². The molecule has 11 heteroatoms. The second-order valence-electron chi connectivity index (χ2n) is 4.73. The summed E-state index contributed by atoms with van der Waals surface area (Å²) in [5, 5.41) is 8.86. The van der Waals surface area contributed by atoms with Crippen LogP contribution in [0.15, 0.2) is 0 Å². The standard InChI is InChI=1S/C10H17F3N2O5S/c1-14(3-4-20-2)21(18,19)15-5-7(9(16)17)8(6-15)10(11,12)13/h7-8H,3-6H2,1-2H3,(H,16,17)/t7-,8-/m1/s1. The van der Waals surface area contributed by atoms with Crippen LogP contribution in [-0.2, 0) is 19.7 Å². The van der Waals surface area contributed by atoms with Crippen LogP contribution in [0.25, 0.3) is 0 Å². The molecule has 21 heavy (non-hydrogen) atoms. The number of ether oxygens (including phenoxy) is 1. The summed E-state index contributed by atoms with van der Waals surface area (Å²) in [5.41, 5.74) is 0. The second-order valence-corrected chi connectivity index (χ2v) is 6.77. The number of alkyl halides is 3. The van der Waals surface area contributed by atoms with Gasteiger partial charge in [-0.25, -0.2) is 0 Å². The lowest BCUT2D eigenvalue weighted by molar-refractivity contribution is -0.187. The minimum Gasteiger partial charge on any atom is -0.481 e. The predicted octanol–water partition coefficient (Wildman–Crippen LogP) is 0.00430. The zero-order chi connectivity index (χ0) is 16.4. The van der Waals surface area contributed by atoms with E-state index in [0.29, 0.717) is 4.31 Å². The van der Waals surface area contributed by atoms with Crippen LogP contribution in [0.4, 0.5) is 13.2 Å². The highest BCUT2D eigenvalue weighted by Crippen LogP contribution is 2.38. The minimum absolute atomic E-state index is 0.0379. The normalized spacial score (nSPS) is 24.7. The quantitative estimate of drug-likeness (QED) is 0.739. The van der Waals surface area contributed by atoms with E-state index in [4.69, 9.17) is 9.84 Å². The van der Waals surface area contributed by atoms with Gasteiger partial charge in [-0.1, -0.05) is 0 Å². The molecular formula is C10H17F3N2O5S. The fourth-order valence-electron chi connectivity index (χ4n) is 2.07. The van der Waals surface area contributed by atoms with Gasteiger partial charge in [-0.05, 0) is 0 Å². The van der Waals surface area contributed by atoms with E-state index in [1.54, 1.807) is 0 Å². The first-order valence-corrected chi connectivity index (χ1v) is 7.41. The molecule has 2 atom stereocenters. The molecule has 0 aromatic rings. The Morgan fingerprint density at radius 2 is 2.00 bits per heavy atom. The Balaban J connectivity index is 2.93. The third-order valence-electron chi connectivity index (χ3n) is 3.35. The molecule has 1 fully saturated rings. The number of likely N-dealkylation sites (N-methyl/N-ethyl adjacent to an activating group) is 1. The number of carboxylic acids is 1. The summed E-state index contributed by atoms with van der Waals surface area (Å²) >= 11 is 0. The van der Waals surface area contributed by atoms with Crippen molar-refractivity contribution >= 4 is 16.2 Å². The minimum atomic E-state index is -4.77. The summed E-state index contributed by atoms with van der Waals surface area (Å²) in [5.74, 6) is -5.66. The van der Waals surface area contributed by atoms with Crippen LogP contribution in [0.2, 0.25) is 0 Å². The van der Waals surface area contributed by atoms with E-state index in [1.165, 1.54) is 14.2 Å². The predicted molar refractivity (Wildman–Crippen MR) is 65.7 cm³/mol. The molecule has 0 unspecified atom stereocenters. The van der Waals surface area contributed by atoms with Crippen molar-refractivity contribution in [2.75, 3.05) is 40.4 Å². The van der Waals surface area contributed by atoms with Gasteiger partial charge in [0.2, 0.25) is 0 Å². The molecule has 0 aliphatic carbocycles. The van der Waals surface area contributed by atoms with Gasteiger partial charge in [-0.2, -0.15) is 30.2 Å². The molecule has 0 saturated carbocycles. The third-order valence-corrected chi connectivity index (χ3v) is 5.28. The second kappa shape index (κ2) is 6.46. The van der Waals surface area contributed by atoms with Crippen molar-refractivity contribution in [3.63, 3.8) is 0 Å². The van der Waals surface area contributed by atoms with Gasteiger partial charge in [0.25, 0.3) is 10.2 Å². The lowest BCUT2D eigenvalue weighted by Gasteiger charge is -2.24. The zero-order valence-corrected chi connectivity index (χ0v) is 12.3. The van der Waals surface area contributed by atoms with Crippen LogP contribution in [-0.4, -0.2) is 74.7 Å². The Morgan fingerprint density at radius 3 is 2.38 bits per heavy atom. The van der Waals surface area contributed by atoms with Crippen molar-refractivity contribution in [2.45, 2.75) is 6.18 Å². The first kappa shape index (κ1) is 18.1. The summed E-state index contributed by atoms with van der Waals surface area (Å²) in [4.78, 5) is 10.9. The van der Waals surface area contributed by atoms with E-state index >= 15 is 0 Å².